The van der Waals surface area contributed by atoms with E-state index in [1.165, 1.54) is 31.5 Å². The number of ether oxygens (including phenoxy) is 1. The smallest absolute Gasteiger partial charge is 0.340 e. The van der Waals surface area contributed by atoms with Gasteiger partial charge in [0, 0.05) is 17.8 Å². The highest BCUT2D eigenvalue weighted by atomic mass is 19.1. The van der Waals surface area contributed by atoms with E-state index >= 15 is 0 Å². The van der Waals surface area contributed by atoms with Crippen molar-refractivity contribution < 1.29 is 18.3 Å². The van der Waals surface area contributed by atoms with E-state index in [9.17, 15) is 13.6 Å². The highest BCUT2D eigenvalue weighted by Crippen LogP contribution is 2.25. The zero-order valence-corrected chi connectivity index (χ0v) is 9.48. The molecule has 0 aliphatic heterocycles. The Balaban J connectivity index is 2.60. The maximum atomic E-state index is 13.7. The average Bonchev–Trinajstić information content (AvgIpc) is 2.38. The Bertz CT molecular complexity index is 599. The lowest BCUT2D eigenvalue weighted by Gasteiger charge is -2.07. The van der Waals surface area contributed by atoms with Crippen LogP contribution in [0, 0.1) is 11.6 Å². The molecule has 92 valence electrons. The van der Waals surface area contributed by atoms with E-state index in [0.29, 0.717) is 0 Å². The number of halogens is 2. The van der Waals surface area contributed by atoms with Crippen molar-refractivity contribution in [2.75, 3.05) is 7.11 Å². The summed E-state index contributed by atoms with van der Waals surface area (Å²) in [6.45, 7) is 0. The summed E-state index contributed by atoms with van der Waals surface area (Å²) in [5.74, 6) is -2.09. The lowest BCUT2D eigenvalue weighted by molar-refractivity contribution is 0.0601. The predicted octanol–water partition coefficient (Wildman–Crippen LogP) is 2.81. The molecule has 5 heteroatoms. The minimum Gasteiger partial charge on any atom is -0.465 e. The van der Waals surface area contributed by atoms with Gasteiger partial charge in [0.15, 0.2) is 0 Å². The Morgan fingerprint density at radius 2 is 2.06 bits per heavy atom. The van der Waals surface area contributed by atoms with Crippen LogP contribution < -0.4 is 0 Å². The molecule has 0 saturated carbocycles. The molecule has 0 radical (unpaired) electrons. The largest absolute Gasteiger partial charge is 0.465 e. The Labute approximate surface area is 102 Å². The number of nitrogens with zero attached hydrogens (tertiary/aromatic N) is 1. The number of carbonyl (C=O) groups is 1. The molecule has 1 aromatic carbocycles. The highest BCUT2D eigenvalue weighted by Gasteiger charge is 2.17. The van der Waals surface area contributed by atoms with Gasteiger partial charge in [-0.2, -0.15) is 0 Å². The van der Waals surface area contributed by atoms with Gasteiger partial charge in [0.2, 0.25) is 0 Å². The third-order valence-electron chi connectivity index (χ3n) is 2.40. The summed E-state index contributed by atoms with van der Waals surface area (Å²) in [4.78, 5) is 15.5. The fraction of sp³-hybridized carbons (Fsp3) is 0.0769. The summed E-state index contributed by atoms with van der Waals surface area (Å²) in [5, 5.41) is 0. The number of benzene rings is 1. The fourth-order valence-electron chi connectivity index (χ4n) is 1.58. The van der Waals surface area contributed by atoms with Crippen LogP contribution in [0.3, 0.4) is 0 Å². The van der Waals surface area contributed by atoms with E-state index in [1.807, 2.05) is 0 Å². The second-order valence-corrected chi connectivity index (χ2v) is 3.52. The third kappa shape index (κ3) is 2.20. The molecule has 0 spiro atoms. The molecule has 1 aromatic heterocycles. The van der Waals surface area contributed by atoms with Gasteiger partial charge < -0.3 is 4.74 Å². The molecule has 0 aliphatic carbocycles. The van der Waals surface area contributed by atoms with Crippen molar-refractivity contribution in [1.82, 2.24) is 4.98 Å². The first-order chi connectivity index (χ1) is 8.63. The number of esters is 1. The number of methoxy groups -OCH3 is 1. The van der Waals surface area contributed by atoms with Gasteiger partial charge in [-0.3, -0.25) is 4.98 Å². The lowest BCUT2D eigenvalue weighted by atomic mass is 10.1. The molecule has 3 nitrogen and oxygen atoms in total. The van der Waals surface area contributed by atoms with E-state index < -0.39 is 17.6 Å². The molecule has 2 rings (SSSR count). The van der Waals surface area contributed by atoms with Crippen LogP contribution in [0.25, 0.3) is 11.3 Å². The van der Waals surface area contributed by atoms with E-state index in [4.69, 9.17) is 0 Å². The second kappa shape index (κ2) is 4.91. The van der Waals surface area contributed by atoms with Gasteiger partial charge in [0.05, 0.1) is 18.4 Å². The van der Waals surface area contributed by atoms with Gasteiger partial charge in [0.25, 0.3) is 0 Å². The standard InChI is InChI=1S/C13H9F2NO2/c1-18-13(17)10-3-2-6-16-12(10)9-5-4-8(14)7-11(9)15/h2-7H,1H3. The quantitative estimate of drug-likeness (QED) is 0.768. The van der Waals surface area contributed by atoms with Gasteiger partial charge in [-0.05, 0) is 24.3 Å². The molecular formula is C13H9F2NO2. The molecule has 0 unspecified atom stereocenters. The minimum absolute atomic E-state index is 0.0531. The molecule has 0 bridgehead atoms. The first kappa shape index (κ1) is 12.2. The van der Waals surface area contributed by atoms with Crippen molar-refractivity contribution >= 4 is 5.97 Å². The fourth-order valence-corrected chi connectivity index (χ4v) is 1.58. The van der Waals surface area contributed by atoms with Gasteiger partial charge in [0.1, 0.15) is 11.6 Å². The molecule has 0 N–H and O–H groups in total. The maximum absolute atomic E-state index is 13.7. The third-order valence-corrected chi connectivity index (χ3v) is 2.40. The molecule has 1 heterocycles. The summed E-state index contributed by atoms with van der Waals surface area (Å²) >= 11 is 0. The predicted molar refractivity (Wildman–Crippen MR) is 60.9 cm³/mol. The number of rotatable bonds is 2. The zero-order valence-electron chi connectivity index (χ0n) is 9.48. The van der Waals surface area contributed by atoms with Crippen LogP contribution in [0.2, 0.25) is 0 Å². The van der Waals surface area contributed by atoms with Crippen molar-refractivity contribution in [1.29, 1.82) is 0 Å². The minimum atomic E-state index is -0.779. The van der Waals surface area contributed by atoms with Crippen LogP contribution in [0.4, 0.5) is 8.78 Å². The van der Waals surface area contributed by atoms with Crippen molar-refractivity contribution in [2.45, 2.75) is 0 Å². The van der Waals surface area contributed by atoms with E-state index in [1.54, 1.807) is 0 Å². The Hall–Kier alpha value is -2.30. The molecule has 2 aromatic rings. The molecule has 18 heavy (non-hydrogen) atoms. The van der Waals surface area contributed by atoms with Crippen molar-refractivity contribution in [3.05, 3.63) is 53.7 Å². The van der Waals surface area contributed by atoms with Gasteiger partial charge in [-0.1, -0.05) is 0 Å². The number of hydrogen-bond donors (Lipinski definition) is 0. The van der Waals surface area contributed by atoms with Crippen LogP contribution in [-0.2, 0) is 4.74 Å². The second-order valence-electron chi connectivity index (χ2n) is 3.52. The molecule has 0 atom stereocenters. The summed E-state index contributed by atoms with van der Waals surface area (Å²) < 4.78 is 31.1. The van der Waals surface area contributed by atoms with Crippen molar-refractivity contribution in [3.63, 3.8) is 0 Å². The molecule has 0 saturated heterocycles. The highest BCUT2D eigenvalue weighted by molar-refractivity contribution is 5.96. The summed E-state index contributed by atoms with van der Waals surface area (Å²) in [6, 6.07) is 6.09. The summed E-state index contributed by atoms with van der Waals surface area (Å²) in [5.41, 5.74) is 0.310. The van der Waals surface area contributed by atoms with Crippen LogP contribution in [0.1, 0.15) is 10.4 Å². The monoisotopic (exact) mass is 249 g/mol. The Morgan fingerprint density at radius 3 is 2.72 bits per heavy atom. The topological polar surface area (TPSA) is 39.2 Å². The number of aromatic nitrogens is 1. The SMILES string of the molecule is COC(=O)c1cccnc1-c1ccc(F)cc1F. The van der Waals surface area contributed by atoms with Crippen molar-refractivity contribution in [2.24, 2.45) is 0 Å². The lowest BCUT2D eigenvalue weighted by Crippen LogP contribution is -2.05. The Morgan fingerprint density at radius 1 is 1.28 bits per heavy atom. The van der Waals surface area contributed by atoms with E-state index in [0.717, 1.165) is 12.1 Å². The normalized spacial score (nSPS) is 10.2. The van der Waals surface area contributed by atoms with Crippen LogP contribution in [0.5, 0.6) is 0 Å². The van der Waals surface area contributed by atoms with Gasteiger partial charge in [-0.15, -0.1) is 0 Å². The zero-order chi connectivity index (χ0) is 13.1. The number of hydrogen-bond acceptors (Lipinski definition) is 3. The van der Waals surface area contributed by atoms with Gasteiger partial charge >= 0.3 is 5.97 Å². The van der Waals surface area contributed by atoms with Crippen molar-refractivity contribution in [3.8, 4) is 11.3 Å². The first-order valence-electron chi connectivity index (χ1n) is 5.12. The maximum Gasteiger partial charge on any atom is 0.340 e. The summed E-state index contributed by atoms with van der Waals surface area (Å²) in [6.07, 6.45) is 1.42. The molecular weight excluding hydrogens is 240 g/mol. The first-order valence-corrected chi connectivity index (χ1v) is 5.12. The molecule has 0 fully saturated rings. The Kier molecular flexibility index (Phi) is 3.32. The van der Waals surface area contributed by atoms with E-state index in [2.05, 4.69) is 9.72 Å². The van der Waals surface area contributed by atoms with Crippen LogP contribution in [-0.4, -0.2) is 18.1 Å². The van der Waals surface area contributed by atoms with E-state index in [-0.39, 0.29) is 16.8 Å². The number of pyridine rings is 1. The molecule has 0 amide bonds. The van der Waals surface area contributed by atoms with Crippen LogP contribution >= 0.6 is 0 Å². The van der Waals surface area contributed by atoms with Gasteiger partial charge in [-0.25, -0.2) is 13.6 Å². The summed E-state index contributed by atoms with van der Waals surface area (Å²) in [7, 11) is 1.22. The average molecular weight is 249 g/mol. The molecule has 0 aliphatic rings. The van der Waals surface area contributed by atoms with Crippen LogP contribution in [0.15, 0.2) is 36.5 Å². The number of carbonyl (C=O) groups excluding carboxylic acids is 1.